The van der Waals surface area contributed by atoms with Gasteiger partial charge in [0.15, 0.2) is 44.0 Å². The first kappa shape index (κ1) is 75.4. The molecule has 21 fully saturated rings. The van der Waals surface area contributed by atoms with E-state index in [0.29, 0.717) is 0 Å². The quantitative estimate of drug-likeness (QED) is 0.0562. The summed E-state index contributed by atoms with van der Waals surface area (Å²) >= 11 is 0. The van der Waals surface area contributed by atoms with E-state index in [4.69, 9.17) is 133 Å². The van der Waals surface area contributed by atoms with E-state index in [1.165, 1.54) is 99.5 Å². The van der Waals surface area contributed by atoms with Crippen LogP contribution in [0.1, 0.15) is 0 Å². The van der Waals surface area contributed by atoms with Crippen LogP contribution in [-0.4, -0.2) is 396 Å². The fourth-order valence-corrected chi connectivity index (χ4v) is 13.2. The summed E-state index contributed by atoms with van der Waals surface area (Å²) in [6.45, 7) is -1.57. The van der Waals surface area contributed by atoms with Crippen LogP contribution in [0.3, 0.4) is 0 Å². The van der Waals surface area contributed by atoms with Crippen LogP contribution in [0, 0.1) is 0 Å². The lowest BCUT2D eigenvalue weighted by molar-refractivity contribution is -0.400. The van der Waals surface area contributed by atoms with Crippen molar-refractivity contribution in [3.63, 3.8) is 0 Å². The predicted molar refractivity (Wildman–Crippen MR) is 295 cm³/mol. The van der Waals surface area contributed by atoms with Gasteiger partial charge < -0.3 is 168 Å². The molecule has 21 rings (SSSR count). The molecule has 35 atom stereocenters. The Morgan fingerprint density at radius 3 is 0.516 bits per heavy atom. The van der Waals surface area contributed by atoms with Crippen molar-refractivity contribution >= 4 is 0 Å². The molecule has 21 saturated heterocycles. The number of hydrogen-bond acceptors (Lipinski definition) is 35. The highest BCUT2D eigenvalue weighted by atomic mass is 16.8. The van der Waals surface area contributed by atoms with Gasteiger partial charge in [0.05, 0.1) is 46.2 Å². The van der Waals surface area contributed by atoms with Gasteiger partial charge in [0.2, 0.25) is 0 Å². The molecule has 7 N–H and O–H groups in total. The van der Waals surface area contributed by atoms with E-state index in [1.807, 2.05) is 0 Å². The summed E-state index contributed by atoms with van der Waals surface area (Å²) in [6, 6.07) is 0. The SMILES string of the molecule is COCC1O[C@H]2OC3C(COC)O[C@@H](OC4C(COC)O[C@@H](OC5C(COC)O[C@@H](OC6C(COC)O[C@@H](OC7C(COC)O[C@@H](OC8C(COC)O[C@@H](OC1[C@@H](O)[C@@H]2OC)[C@@H](OC)[C@H]8O)[C@@H](OC)[C@H]7O)[C@@H](O)[C@H]6OC)[C@@H](OC)[C@H]5O)[C@@H](OC)[C@H]4O)[C@@H](OC)[C@H]3O. The lowest BCUT2D eigenvalue weighted by atomic mass is 9.95. The van der Waals surface area contributed by atoms with Crippen LogP contribution in [-0.2, 0) is 133 Å². The zero-order valence-corrected chi connectivity index (χ0v) is 53.7. The summed E-state index contributed by atoms with van der Waals surface area (Å²) in [7, 11) is 18.8. The average Bonchev–Trinajstić information content (AvgIpc) is 0.828. The molecule has 0 aliphatic carbocycles. The standard InChI is InChI=1S/C56H98O35/c1-64-15-22-36-29(57)44(72-9)51(79-22)86-37-23(16-65-2)80-52(45(73-10)30(37)58)87-38-24(17-66-3)81-53(46(74-11)31(38)59)88-39-25(18-67-4)82-54(47(75-12)32(39)60)89-40-26(19-68-5)83-55(48(76-13)33(40)61)90-41-27(20-69-6)84-56(49(77-14)34(41)62)91-42-28(21-70-7)78-50(85-36)35(63)43(42)71-8/h22-63H,15-21H2,1-14H3/t22?,23?,24?,25?,26?,27?,28?,29-,30-,31+,32-,33-,34-,35-,36?,37?,38?,39?,40?,41?,42?,43+,44-,45-,46-,47-,48-,49-,50-,51-,52-,53-,54-,55-,56-/m0/s1. The number of hydrogen-bond donors (Lipinski definition) is 7. The number of aliphatic hydroxyl groups excluding tert-OH is 7. The maximum Gasteiger partial charge on any atom is 0.187 e. The Morgan fingerprint density at radius 2 is 0.341 bits per heavy atom. The minimum atomic E-state index is -1.69. The Kier molecular flexibility index (Phi) is 29.3. The summed E-state index contributed by atoms with van der Waals surface area (Å²) < 4.78 is 171. The number of ether oxygens (including phenoxy) is 28. The third-order valence-corrected chi connectivity index (χ3v) is 17.6. The zero-order chi connectivity index (χ0) is 66.0. The minimum absolute atomic E-state index is 0.200. The largest absolute Gasteiger partial charge is 0.387 e. The summed E-state index contributed by atoms with van der Waals surface area (Å²) in [5.41, 5.74) is 0. The lowest BCUT2D eigenvalue weighted by Crippen LogP contribution is -2.69. The van der Waals surface area contributed by atoms with Gasteiger partial charge in [0.25, 0.3) is 0 Å². The van der Waals surface area contributed by atoms with E-state index in [0.717, 1.165) is 0 Å². The molecule has 0 aromatic heterocycles. The van der Waals surface area contributed by atoms with Crippen molar-refractivity contribution in [3.05, 3.63) is 0 Å². The molecule has 14 bridgehead atoms. The van der Waals surface area contributed by atoms with Crippen molar-refractivity contribution < 1.29 is 168 Å². The van der Waals surface area contributed by atoms with Crippen LogP contribution in [0.25, 0.3) is 0 Å². The van der Waals surface area contributed by atoms with Crippen molar-refractivity contribution in [2.24, 2.45) is 0 Å². The van der Waals surface area contributed by atoms with E-state index in [2.05, 4.69) is 0 Å². The lowest BCUT2D eigenvalue weighted by Gasteiger charge is -2.51. The van der Waals surface area contributed by atoms with Gasteiger partial charge in [-0.3, -0.25) is 0 Å². The molecule has 0 spiro atoms. The van der Waals surface area contributed by atoms with Gasteiger partial charge in [-0.25, -0.2) is 0 Å². The van der Waals surface area contributed by atoms with Gasteiger partial charge in [-0.05, 0) is 0 Å². The fraction of sp³-hybridized carbons (Fsp3) is 1.00. The molecule has 532 valence electrons. The van der Waals surface area contributed by atoms with Gasteiger partial charge in [0, 0.05) is 99.5 Å². The predicted octanol–water partition coefficient (Wildman–Crippen LogP) is -6.07. The van der Waals surface area contributed by atoms with Crippen molar-refractivity contribution in [2.45, 2.75) is 215 Å². The second-order valence-corrected chi connectivity index (χ2v) is 23.0. The average molecular weight is 1330 g/mol. The molecule has 91 heavy (non-hydrogen) atoms. The zero-order valence-electron chi connectivity index (χ0n) is 53.7. The van der Waals surface area contributed by atoms with Crippen molar-refractivity contribution in [2.75, 3.05) is 146 Å². The molecule has 0 amide bonds. The molecule has 14 unspecified atom stereocenters. The number of rotatable bonds is 21. The second-order valence-electron chi connectivity index (χ2n) is 23.0. The molecule has 21 aliphatic heterocycles. The van der Waals surface area contributed by atoms with Gasteiger partial charge >= 0.3 is 0 Å². The first-order chi connectivity index (χ1) is 43.9. The summed E-state index contributed by atoms with van der Waals surface area (Å²) in [4.78, 5) is 0. The summed E-state index contributed by atoms with van der Waals surface area (Å²) in [5.74, 6) is 0. The normalized spacial score (nSPS) is 48.7. The van der Waals surface area contributed by atoms with E-state index < -0.39 is 215 Å². The Balaban J connectivity index is 1.17. The van der Waals surface area contributed by atoms with Crippen LogP contribution in [0.2, 0.25) is 0 Å². The van der Waals surface area contributed by atoms with Crippen molar-refractivity contribution in [1.29, 1.82) is 0 Å². The number of methoxy groups -OCH3 is 14. The van der Waals surface area contributed by atoms with Crippen LogP contribution < -0.4 is 0 Å². The molecule has 35 heteroatoms. The van der Waals surface area contributed by atoms with Crippen molar-refractivity contribution in [1.82, 2.24) is 0 Å². The van der Waals surface area contributed by atoms with E-state index in [1.54, 1.807) is 0 Å². The molecular weight excluding hydrogens is 1230 g/mol. The fourth-order valence-electron chi connectivity index (χ4n) is 13.2. The molecule has 0 saturated carbocycles. The third-order valence-electron chi connectivity index (χ3n) is 17.6. The molecule has 0 radical (unpaired) electrons. The molecule has 0 aromatic rings. The Morgan fingerprint density at radius 1 is 0.187 bits per heavy atom. The molecule has 21 aliphatic rings. The maximum atomic E-state index is 12.3. The second kappa shape index (κ2) is 35.4. The maximum absolute atomic E-state index is 12.3. The molecule has 35 nitrogen and oxygen atoms in total. The van der Waals surface area contributed by atoms with Gasteiger partial charge in [0.1, 0.15) is 171 Å². The van der Waals surface area contributed by atoms with Crippen LogP contribution in [0.15, 0.2) is 0 Å². The van der Waals surface area contributed by atoms with Crippen molar-refractivity contribution in [3.8, 4) is 0 Å². The van der Waals surface area contributed by atoms with E-state index in [-0.39, 0.29) is 46.2 Å². The first-order valence-corrected chi connectivity index (χ1v) is 30.0. The number of aliphatic hydroxyl groups is 7. The monoisotopic (exact) mass is 1330 g/mol. The molecule has 21 heterocycles. The minimum Gasteiger partial charge on any atom is -0.387 e. The molecule has 0 aromatic carbocycles. The Bertz CT molecular complexity index is 2070. The first-order valence-electron chi connectivity index (χ1n) is 30.0. The van der Waals surface area contributed by atoms with E-state index >= 15 is 0 Å². The highest BCUT2D eigenvalue weighted by Gasteiger charge is 2.61. The summed E-state index contributed by atoms with van der Waals surface area (Å²) in [6.07, 6.45) is -49.4. The highest BCUT2D eigenvalue weighted by Crippen LogP contribution is 2.41. The summed E-state index contributed by atoms with van der Waals surface area (Å²) in [5, 5.41) is 86.1. The Labute approximate surface area is 528 Å². The highest BCUT2D eigenvalue weighted by molar-refractivity contribution is 5.03. The van der Waals surface area contributed by atoms with Crippen LogP contribution >= 0.6 is 0 Å². The van der Waals surface area contributed by atoms with Gasteiger partial charge in [-0.1, -0.05) is 0 Å². The van der Waals surface area contributed by atoms with Crippen LogP contribution in [0.4, 0.5) is 0 Å². The van der Waals surface area contributed by atoms with Gasteiger partial charge in [-0.15, -0.1) is 0 Å². The topological polar surface area (TPSA) is 400 Å². The van der Waals surface area contributed by atoms with Crippen LogP contribution in [0.5, 0.6) is 0 Å². The molecular formula is C56H98O35. The Hall–Kier alpha value is -1.40. The third kappa shape index (κ3) is 16.3. The van der Waals surface area contributed by atoms with Gasteiger partial charge in [-0.2, -0.15) is 0 Å². The smallest absolute Gasteiger partial charge is 0.187 e. The van der Waals surface area contributed by atoms with E-state index in [9.17, 15) is 35.7 Å².